The van der Waals surface area contributed by atoms with E-state index in [0.29, 0.717) is 27.2 Å². The molecule has 0 bridgehead atoms. The molecule has 2 aromatic carbocycles. The minimum Gasteiger partial charge on any atom is -0.452 e. The van der Waals surface area contributed by atoms with Gasteiger partial charge in [-0.05, 0) is 24.5 Å². The number of hydrogen-bond acceptors (Lipinski definition) is 3. The number of halogens is 2. The molecule has 1 heterocycles. The molecule has 2 aromatic rings. The Morgan fingerprint density at radius 3 is 2.48 bits per heavy atom. The van der Waals surface area contributed by atoms with Gasteiger partial charge < -0.3 is 10.1 Å². The first-order valence-corrected chi connectivity index (χ1v) is 8.24. The van der Waals surface area contributed by atoms with Crippen LogP contribution in [0.15, 0.2) is 36.4 Å². The summed E-state index contributed by atoms with van der Waals surface area (Å²) in [5, 5.41) is 3.48. The lowest BCUT2D eigenvalue weighted by atomic mass is 10.1. The maximum Gasteiger partial charge on any atom is 0.242 e. The van der Waals surface area contributed by atoms with Crippen LogP contribution < -0.4 is 10.1 Å². The number of nitrogens with one attached hydrogen (secondary N) is 1. The van der Waals surface area contributed by atoms with Crippen molar-refractivity contribution in [3.8, 4) is 11.5 Å². The maximum atomic E-state index is 12.0. The minimum absolute atomic E-state index is 0.0428. The standard InChI is InChI=1S/C15H11Cl2NO2S/c1-21-14-8-4-2-7-11(12(8)18-15(14)19)20-13-9(16)5-3-6-10(13)17/h2-7,14H,1H3,(H,18,19). The minimum atomic E-state index is -0.217. The fourth-order valence-electron chi connectivity index (χ4n) is 2.24. The third-order valence-corrected chi connectivity index (χ3v) is 4.73. The Kier molecular flexibility index (Phi) is 4.02. The number of anilines is 1. The van der Waals surface area contributed by atoms with Crippen LogP contribution in [0.5, 0.6) is 11.5 Å². The highest BCUT2D eigenvalue weighted by molar-refractivity contribution is 7.99. The van der Waals surface area contributed by atoms with Crippen LogP contribution in [-0.2, 0) is 4.79 Å². The van der Waals surface area contributed by atoms with Gasteiger partial charge in [-0.1, -0.05) is 41.4 Å². The molecule has 0 aromatic heterocycles. The molecule has 108 valence electrons. The monoisotopic (exact) mass is 339 g/mol. The van der Waals surface area contributed by atoms with Crippen molar-refractivity contribution in [2.75, 3.05) is 11.6 Å². The lowest BCUT2D eigenvalue weighted by Gasteiger charge is -2.12. The summed E-state index contributed by atoms with van der Waals surface area (Å²) in [6, 6.07) is 10.7. The number of benzene rings is 2. The second kappa shape index (κ2) is 5.79. The van der Waals surface area contributed by atoms with Crippen LogP contribution in [0.25, 0.3) is 0 Å². The van der Waals surface area contributed by atoms with Gasteiger partial charge in [-0.25, -0.2) is 0 Å². The van der Waals surface area contributed by atoms with Gasteiger partial charge in [-0.2, -0.15) is 0 Å². The first kappa shape index (κ1) is 14.6. The highest BCUT2D eigenvalue weighted by Crippen LogP contribution is 2.46. The highest BCUT2D eigenvalue weighted by atomic mass is 35.5. The van der Waals surface area contributed by atoms with E-state index in [1.54, 1.807) is 24.3 Å². The first-order chi connectivity index (χ1) is 10.1. The zero-order valence-corrected chi connectivity index (χ0v) is 13.4. The van der Waals surface area contributed by atoms with E-state index in [1.807, 2.05) is 18.4 Å². The molecule has 1 aliphatic rings. The summed E-state index contributed by atoms with van der Waals surface area (Å²) in [6.07, 6.45) is 1.90. The van der Waals surface area contributed by atoms with Crippen molar-refractivity contribution in [2.45, 2.75) is 5.25 Å². The summed E-state index contributed by atoms with van der Waals surface area (Å²) >= 11 is 13.7. The van der Waals surface area contributed by atoms with Crippen LogP contribution in [0, 0.1) is 0 Å². The molecule has 0 fully saturated rings. The van der Waals surface area contributed by atoms with Crippen molar-refractivity contribution in [3.63, 3.8) is 0 Å². The molecule has 3 nitrogen and oxygen atoms in total. The molecule has 0 saturated heterocycles. The number of ether oxygens (including phenoxy) is 1. The third kappa shape index (κ3) is 2.59. The van der Waals surface area contributed by atoms with Crippen molar-refractivity contribution >= 4 is 46.6 Å². The van der Waals surface area contributed by atoms with Crippen LogP contribution in [0.3, 0.4) is 0 Å². The average molecular weight is 340 g/mol. The molecule has 1 amide bonds. The number of amides is 1. The lowest BCUT2D eigenvalue weighted by Crippen LogP contribution is -2.08. The van der Waals surface area contributed by atoms with Gasteiger partial charge >= 0.3 is 0 Å². The van der Waals surface area contributed by atoms with Gasteiger partial charge in [0.05, 0.1) is 15.7 Å². The zero-order valence-electron chi connectivity index (χ0n) is 11.0. The van der Waals surface area contributed by atoms with E-state index < -0.39 is 0 Å². The van der Waals surface area contributed by atoms with E-state index in [4.69, 9.17) is 27.9 Å². The van der Waals surface area contributed by atoms with Crippen molar-refractivity contribution in [2.24, 2.45) is 0 Å². The lowest BCUT2D eigenvalue weighted by molar-refractivity contribution is -0.115. The predicted molar refractivity (Wildman–Crippen MR) is 87.9 cm³/mol. The number of fused-ring (bicyclic) bond motifs is 1. The SMILES string of the molecule is CSC1C(=O)Nc2c(Oc3c(Cl)cccc3Cl)cccc21. The van der Waals surface area contributed by atoms with E-state index in [9.17, 15) is 4.79 Å². The topological polar surface area (TPSA) is 38.3 Å². The van der Waals surface area contributed by atoms with E-state index in [1.165, 1.54) is 11.8 Å². The summed E-state index contributed by atoms with van der Waals surface area (Å²) < 4.78 is 5.84. The van der Waals surface area contributed by atoms with Crippen molar-refractivity contribution < 1.29 is 9.53 Å². The Balaban J connectivity index is 2.03. The van der Waals surface area contributed by atoms with E-state index in [-0.39, 0.29) is 11.2 Å². The molecule has 0 radical (unpaired) electrons. The summed E-state index contributed by atoms with van der Waals surface area (Å²) in [4.78, 5) is 12.0. The van der Waals surface area contributed by atoms with Crippen molar-refractivity contribution in [1.29, 1.82) is 0 Å². The Hall–Kier alpha value is -1.36. The Morgan fingerprint density at radius 2 is 1.81 bits per heavy atom. The second-order valence-electron chi connectivity index (χ2n) is 4.48. The normalized spacial score (nSPS) is 16.5. The van der Waals surface area contributed by atoms with E-state index >= 15 is 0 Å². The van der Waals surface area contributed by atoms with Crippen LogP contribution in [0.2, 0.25) is 10.0 Å². The van der Waals surface area contributed by atoms with Crippen LogP contribution >= 0.6 is 35.0 Å². The Labute approximate surface area is 136 Å². The van der Waals surface area contributed by atoms with Gasteiger partial charge in [-0.15, -0.1) is 11.8 Å². The van der Waals surface area contributed by atoms with E-state index in [2.05, 4.69) is 5.32 Å². The van der Waals surface area contributed by atoms with Gasteiger partial charge in [0.15, 0.2) is 11.5 Å². The van der Waals surface area contributed by atoms with Crippen molar-refractivity contribution in [3.05, 3.63) is 52.0 Å². The number of carbonyl (C=O) groups excluding carboxylic acids is 1. The fraction of sp³-hybridized carbons (Fsp3) is 0.133. The predicted octanol–water partition coefficient (Wildman–Crippen LogP) is 5.14. The maximum absolute atomic E-state index is 12.0. The summed E-state index contributed by atoms with van der Waals surface area (Å²) in [5.74, 6) is 0.877. The molecule has 1 N–H and O–H groups in total. The van der Waals surface area contributed by atoms with E-state index in [0.717, 1.165) is 5.56 Å². The molecule has 0 spiro atoms. The number of para-hydroxylation sites is 2. The zero-order chi connectivity index (χ0) is 15.0. The molecule has 1 atom stereocenters. The van der Waals surface area contributed by atoms with Crippen LogP contribution in [-0.4, -0.2) is 12.2 Å². The molecule has 21 heavy (non-hydrogen) atoms. The number of thioether (sulfide) groups is 1. The molecule has 1 unspecified atom stereocenters. The Bertz CT molecular complexity index is 701. The van der Waals surface area contributed by atoms with Gasteiger partial charge in [0.1, 0.15) is 5.25 Å². The second-order valence-corrected chi connectivity index (χ2v) is 6.24. The average Bonchev–Trinajstić information content (AvgIpc) is 2.79. The molecule has 3 rings (SSSR count). The molecule has 0 saturated carbocycles. The van der Waals surface area contributed by atoms with Crippen molar-refractivity contribution in [1.82, 2.24) is 0 Å². The third-order valence-electron chi connectivity index (χ3n) is 3.19. The number of carbonyl (C=O) groups is 1. The Morgan fingerprint density at radius 1 is 1.14 bits per heavy atom. The smallest absolute Gasteiger partial charge is 0.242 e. The van der Waals surface area contributed by atoms with Gasteiger partial charge in [0, 0.05) is 5.56 Å². The first-order valence-electron chi connectivity index (χ1n) is 6.20. The van der Waals surface area contributed by atoms with Crippen LogP contribution in [0.1, 0.15) is 10.8 Å². The quantitative estimate of drug-likeness (QED) is 0.841. The highest BCUT2D eigenvalue weighted by Gasteiger charge is 2.32. The van der Waals surface area contributed by atoms with Gasteiger partial charge in [0.25, 0.3) is 0 Å². The largest absolute Gasteiger partial charge is 0.452 e. The summed E-state index contributed by atoms with van der Waals surface area (Å²) in [6.45, 7) is 0. The molecule has 0 aliphatic carbocycles. The summed E-state index contributed by atoms with van der Waals surface area (Å²) in [7, 11) is 0. The molecular formula is C15H11Cl2NO2S. The van der Waals surface area contributed by atoms with Gasteiger partial charge in [-0.3, -0.25) is 4.79 Å². The number of hydrogen-bond donors (Lipinski definition) is 1. The molecule has 1 aliphatic heterocycles. The number of rotatable bonds is 3. The molecule has 6 heteroatoms. The van der Waals surface area contributed by atoms with Crippen LogP contribution in [0.4, 0.5) is 5.69 Å². The van der Waals surface area contributed by atoms with Gasteiger partial charge in [0.2, 0.25) is 5.91 Å². The summed E-state index contributed by atoms with van der Waals surface area (Å²) in [5.41, 5.74) is 1.59. The molecular weight excluding hydrogens is 329 g/mol. The fourth-order valence-corrected chi connectivity index (χ4v) is 3.44.